The van der Waals surface area contributed by atoms with Crippen LogP contribution in [0.15, 0.2) is 71.7 Å². The average Bonchev–Trinajstić information content (AvgIpc) is 3.35. The van der Waals surface area contributed by atoms with E-state index in [0.29, 0.717) is 45.4 Å². The van der Waals surface area contributed by atoms with E-state index in [1.54, 1.807) is 30.3 Å². The molecule has 3 aromatic carbocycles. The molecule has 4 rings (SSSR count). The minimum Gasteiger partial charge on any atom is -0.489 e. The second-order valence-corrected chi connectivity index (χ2v) is 10.1. The SMILES string of the molecule is O=C(NC1=NC(CNCCO)CS1)c1cc(OCc2ccccc2Cl)cc(OCc2ccccc2Cl)c1. The fraction of sp³-hybridized carbons (Fsp3) is 0.259. The van der Waals surface area contributed by atoms with E-state index < -0.39 is 0 Å². The van der Waals surface area contributed by atoms with Crippen LogP contribution in [-0.4, -0.2) is 47.7 Å². The Morgan fingerprint density at radius 3 is 2.14 bits per heavy atom. The summed E-state index contributed by atoms with van der Waals surface area (Å²) in [4.78, 5) is 17.7. The molecule has 10 heteroatoms. The van der Waals surface area contributed by atoms with Crippen LogP contribution >= 0.6 is 35.0 Å². The standard InChI is InChI=1S/C27H27Cl2N3O4S/c28-24-7-3-1-5-18(24)15-35-22-11-20(12-23(13-22)36-16-19-6-2-4-8-25(19)29)26(34)32-27-31-21(17-37-27)14-30-9-10-33/h1-8,11-13,21,30,33H,9-10,14-17H2,(H,31,32,34). The first-order valence-electron chi connectivity index (χ1n) is 11.7. The Hall–Kier alpha value is -2.75. The van der Waals surface area contributed by atoms with E-state index in [1.807, 2.05) is 36.4 Å². The highest BCUT2D eigenvalue weighted by Gasteiger charge is 2.21. The first-order valence-corrected chi connectivity index (χ1v) is 13.5. The van der Waals surface area contributed by atoms with Gasteiger partial charge in [-0.15, -0.1) is 0 Å². The summed E-state index contributed by atoms with van der Waals surface area (Å²) in [6.07, 6.45) is 0. The summed E-state index contributed by atoms with van der Waals surface area (Å²) in [7, 11) is 0. The van der Waals surface area contributed by atoms with Crippen molar-refractivity contribution in [3.63, 3.8) is 0 Å². The molecule has 0 spiro atoms. The van der Waals surface area contributed by atoms with Crippen molar-refractivity contribution < 1.29 is 19.4 Å². The number of amidine groups is 1. The molecule has 1 aliphatic heterocycles. The van der Waals surface area contributed by atoms with Crippen molar-refractivity contribution in [2.75, 3.05) is 25.4 Å². The van der Waals surface area contributed by atoms with Gasteiger partial charge >= 0.3 is 0 Å². The number of thioether (sulfide) groups is 1. The summed E-state index contributed by atoms with van der Waals surface area (Å²) < 4.78 is 12.0. The van der Waals surface area contributed by atoms with Gasteiger partial charge in [0.05, 0.1) is 12.6 Å². The number of aliphatic hydroxyl groups excluding tert-OH is 1. The van der Waals surface area contributed by atoms with Gasteiger partial charge in [0.2, 0.25) is 0 Å². The van der Waals surface area contributed by atoms with Crippen molar-refractivity contribution in [3.05, 3.63) is 93.5 Å². The Bertz CT molecular complexity index is 1190. The molecule has 1 amide bonds. The Morgan fingerprint density at radius 2 is 1.57 bits per heavy atom. The van der Waals surface area contributed by atoms with Gasteiger partial charge in [0.25, 0.3) is 5.91 Å². The molecule has 194 valence electrons. The van der Waals surface area contributed by atoms with Crippen LogP contribution in [0, 0.1) is 0 Å². The number of hydrogen-bond donors (Lipinski definition) is 3. The fourth-order valence-corrected chi connectivity index (χ4v) is 4.84. The number of carbonyl (C=O) groups excluding carboxylic acids is 1. The van der Waals surface area contributed by atoms with Crippen LogP contribution in [0.4, 0.5) is 0 Å². The van der Waals surface area contributed by atoms with Gasteiger partial charge in [-0.25, -0.2) is 0 Å². The number of hydrogen-bond acceptors (Lipinski definition) is 7. The zero-order valence-corrected chi connectivity index (χ0v) is 22.3. The molecule has 0 bridgehead atoms. The van der Waals surface area contributed by atoms with Crippen LogP contribution in [-0.2, 0) is 13.2 Å². The van der Waals surface area contributed by atoms with Gasteiger partial charge in [0, 0.05) is 51.6 Å². The predicted octanol–water partition coefficient (Wildman–Crippen LogP) is 4.93. The number of carbonyl (C=O) groups is 1. The van der Waals surface area contributed by atoms with Gasteiger partial charge in [-0.1, -0.05) is 71.4 Å². The second kappa shape index (κ2) is 13.7. The summed E-state index contributed by atoms with van der Waals surface area (Å²) in [5, 5.41) is 16.7. The zero-order valence-electron chi connectivity index (χ0n) is 20.0. The number of halogens is 2. The molecular weight excluding hydrogens is 533 g/mol. The summed E-state index contributed by atoms with van der Waals surface area (Å²) in [5.41, 5.74) is 2.03. The second-order valence-electron chi connectivity index (χ2n) is 8.23. The summed E-state index contributed by atoms with van der Waals surface area (Å²) in [6.45, 7) is 1.69. The highest BCUT2D eigenvalue weighted by Crippen LogP contribution is 2.27. The average molecular weight is 561 g/mol. The molecule has 0 aromatic heterocycles. The Morgan fingerprint density at radius 1 is 0.973 bits per heavy atom. The molecule has 0 saturated heterocycles. The molecule has 1 unspecified atom stereocenters. The van der Waals surface area contributed by atoms with E-state index in [2.05, 4.69) is 15.6 Å². The molecule has 7 nitrogen and oxygen atoms in total. The Labute approximate surface area is 230 Å². The number of rotatable bonds is 11. The van der Waals surface area contributed by atoms with Gasteiger partial charge in [0.15, 0.2) is 5.17 Å². The van der Waals surface area contributed by atoms with Crippen molar-refractivity contribution in [2.45, 2.75) is 19.3 Å². The lowest BCUT2D eigenvalue weighted by atomic mass is 10.2. The maximum absolute atomic E-state index is 13.1. The van der Waals surface area contributed by atoms with Gasteiger partial charge in [0.1, 0.15) is 24.7 Å². The zero-order chi connectivity index (χ0) is 26.0. The third-order valence-electron chi connectivity index (χ3n) is 5.45. The van der Waals surface area contributed by atoms with E-state index in [1.165, 1.54) is 11.8 Å². The number of aliphatic hydroxyl groups is 1. The molecule has 0 fully saturated rings. The molecule has 3 aromatic rings. The van der Waals surface area contributed by atoms with Crippen molar-refractivity contribution >= 4 is 46.0 Å². The maximum atomic E-state index is 13.1. The van der Waals surface area contributed by atoms with E-state index in [0.717, 1.165) is 16.9 Å². The quantitative estimate of drug-likeness (QED) is 0.288. The van der Waals surface area contributed by atoms with E-state index in [9.17, 15) is 4.79 Å². The lowest BCUT2D eigenvalue weighted by Crippen LogP contribution is -2.29. The summed E-state index contributed by atoms with van der Waals surface area (Å²) in [6, 6.07) is 19.9. The molecule has 37 heavy (non-hydrogen) atoms. The van der Waals surface area contributed by atoms with Crippen LogP contribution in [0.3, 0.4) is 0 Å². The molecule has 1 aliphatic rings. The normalized spacial score (nSPS) is 14.8. The molecule has 3 N–H and O–H groups in total. The molecule has 0 aliphatic carbocycles. The number of amides is 1. The first-order chi connectivity index (χ1) is 18.0. The number of nitrogens with zero attached hydrogens (tertiary/aromatic N) is 1. The van der Waals surface area contributed by atoms with Gasteiger partial charge in [-0.05, 0) is 24.3 Å². The van der Waals surface area contributed by atoms with Gasteiger partial charge < -0.3 is 25.2 Å². The molecular formula is C27H27Cl2N3O4S. The monoisotopic (exact) mass is 559 g/mol. The number of aliphatic imine (C=N–C) groups is 1. The minimum atomic E-state index is -0.319. The first kappa shape index (κ1) is 27.3. The number of nitrogens with one attached hydrogen (secondary N) is 2. The maximum Gasteiger partial charge on any atom is 0.257 e. The van der Waals surface area contributed by atoms with Gasteiger partial charge in [-0.3, -0.25) is 9.79 Å². The molecule has 1 heterocycles. The summed E-state index contributed by atoms with van der Waals surface area (Å²) >= 11 is 14.0. The lowest BCUT2D eigenvalue weighted by Gasteiger charge is -2.13. The Kier molecular flexibility index (Phi) is 10.1. The largest absolute Gasteiger partial charge is 0.489 e. The predicted molar refractivity (Wildman–Crippen MR) is 149 cm³/mol. The van der Waals surface area contributed by atoms with Crippen molar-refractivity contribution in [1.82, 2.24) is 10.6 Å². The Balaban J connectivity index is 1.49. The van der Waals surface area contributed by atoms with E-state index >= 15 is 0 Å². The topological polar surface area (TPSA) is 92.2 Å². The van der Waals surface area contributed by atoms with E-state index in [-0.39, 0.29) is 31.8 Å². The van der Waals surface area contributed by atoms with Crippen LogP contribution in [0.25, 0.3) is 0 Å². The third-order valence-corrected chi connectivity index (χ3v) is 7.22. The lowest BCUT2D eigenvalue weighted by molar-refractivity contribution is 0.0977. The number of benzene rings is 3. The molecule has 0 radical (unpaired) electrons. The fourth-order valence-electron chi connectivity index (χ4n) is 3.53. The van der Waals surface area contributed by atoms with Crippen LogP contribution in [0.2, 0.25) is 10.0 Å². The van der Waals surface area contributed by atoms with Crippen LogP contribution < -0.4 is 20.1 Å². The van der Waals surface area contributed by atoms with E-state index in [4.69, 9.17) is 37.8 Å². The molecule has 0 saturated carbocycles. The third kappa shape index (κ3) is 8.12. The van der Waals surface area contributed by atoms with Crippen LogP contribution in [0.1, 0.15) is 21.5 Å². The molecule has 1 atom stereocenters. The minimum absolute atomic E-state index is 0.0339. The highest BCUT2D eigenvalue weighted by atomic mass is 35.5. The summed E-state index contributed by atoms with van der Waals surface area (Å²) in [5.74, 6) is 1.37. The highest BCUT2D eigenvalue weighted by molar-refractivity contribution is 8.14. The van der Waals surface area contributed by atoms with Crippen LogP contribution in [0.5, 0.6) is 11.5 Å². The number of ether oxygens (including phenoxy) is 2. The van der Waals surface area contributed by atoms with Crippen molar-refractivity contribution in [1.29, 1.82) is 0 Å². The van der Waals surface area contributed by atoms with Crippen molar-refractivity contribution in [3.8, 4) is 11.5 Å². The smallest absolute Gasteiger partial charge is 0.257 e. The van der Waals surface area contributed by atoms with Crippen molar-refractivity contribution in [2.24, 2.45) is 4.99 Å². The van der Waals surface area contributed by atoms with Gasteiger partial charge in [-0.2, -0.15) is 0 Å².